The first-order valence-corrected chi connectivity index (χ1v) is 4.79. The third kappa shape index (κ3) is 12.4. The van der Waals surface area contributed by atoms with E-state index in [1.54, 1.807) is 7.05 Å². The number of rotatable bonds is 2. The van der Waals surface area contributed by atoms with Gasteiger partial charge in [-0.15, -0.1) is 0 Å². The van der Waals surface area contributed by atoms with Crippen LogP contribution in [0.1, 0.15) is 54.4 Å². The van der Waals surface area contributed by atoms with Gasteiger partial charge in [0, 0.05) is 12.8 Å². The molecule has 0 N–H and O–H groups in total. The van der Waals surface area contributed by atoms with Crippen LogP contribution in [0, 0.1) is 5.41 Å². The largest absolute Gasteiger partial charge is 0.298 e. The molecule has 0 aromatic rings. The Bertz CT molecular complexity index is 113. The highest BCUT2D eigenvalue weighted by atomic mass is 14.7. The topological polar surface area (TPSA) is 12.4 Å². The van der Waals surface area contributed by atoms with E-state index in [2.05, 4.69) is 32.7 Å². The molecule has 0 atom stereocenters. The second kappa shape index (κ2) is 7.33. The van der Waals surface area contributed by atoms with Crippen molar-refractivity contribution in [3.05, 3.63) is 0 Å². The van der Waals surface area contributed by atoms with Crippen LogP contribution < -0.4 is 0 Å². The van der Waals surface area contributed by atoms with E-state index >= 15 is 0 Å². The molecule has 12 heavy (non-hydrogen) atoms. The van der Waals surface area contributed by atoms with Gasteiger partial charge < -0.3 is 0 Å². The van der Waals surface area contributed by atoms with Gasteiger partial charge in [-0.25, -0.2) is 0 Å². The van der Waals surface area contributed by atoms with Crippen molar-refractivity contribution in [2.75, 3.05) is 7.05 Å². The van der Waals surface area contributed by atoms with Crippen LogP contribution >= 0.6 is 0 Å². The molecule has 0 spiro atoms. The van der Waals surface area contributed by atoms with E-state index in [0.29, 0.717) is 5.41 Å². The summed E-state index contributed by atoms with van der Waals surface area (Å²) in [7, 11) is 1.79. The van der Waals surface area contributed by atoms with Crippen molar-refractivity contribution in [2.24, 2.45) is 10.4 Å². The summed E-state index contributed by atoms with van der Waals surface area (Å²) in [4.78, 5) is 3.81. The molecule has 0 unspecified atom stereocenters. The van der Waals surface area contributed by atoms with Crippen LogP contribution in [0.25, 0.3) is 0 Å². The molecule has 1 heteroatoms. The normalized spacial score (nSPS) is 9.92. The van der Waals surface area contributed by atoms with Crippen molar-refractivity contribution in [1.82, 2.24) is 0 Å². The Hall–Kier alpha value is -0.330. The minimum atomic E-state index is 0.583. The summed E-state index contributed by atoms with van der Waals surface area (Å²) in [5.74, 6) is 0. The Balaban J connectivity index is 0. The van der Waals surface area contributed by atoms with Gasteiger partial charge in [-0.1, -0.05) is 40.5 Å². The summed E-state index contributed by atoms with van der Waals surface area (Å²) in [5, 5.41) is 0. The van der Waals surface area contributed by atoms with Crippen LogP contribution in [-0.2, 0) is 0 Å². The van der Waals surface area contributed by atoms with Crippen molar-refractivity contribution in [3.63, 3.8) is 0 Å². The van der Waals surface area contributed by atoms with Crippen molar-refractivity contribution in [3.8, 4) is 0 Å². The number of nitrogens with zero attached hydrogens (tertiary/aromatic N) is 1. The van der Waals surface area contributed by atoms with E-state index in [4.69, 9.17) is 0 Å². The zero-order valence-electron chi connectivity index (χ0n) is 9.86. The highest BCUT2D eigenvalue weighted by molar-refractivity contribution is 5.78. The lowest BCUT2D eigenvalue weighted by molar-refractivity contribution is 0.338. The van der Waals surface area contributed by atoms with Gasteiger partial charge in [0.05, 0.1) is 0 Å². The van der Waals surface area contributed by atoms with Gasteiger partial charge in [-0.3, -0.25) is 4.99 Å². The molecule has 0 aliphatic carbocycles. The van der Waals surface area contributed by atoms with Crippen LogP contribution in [0.2, 0.25) is 0 Å². The van der Waals surface area contributed by atoms with Crippen molar-refractivity contribution < 1.29 is 0 Å². The lowest BCUT2D eigenvalue weighted by Gasteiger charge is -2.18. The van der Waals surface area contributed by atoms with Crippen molar-refractivity contribution >= 4 is 5.71 Å². The van der Waals surface area contributed by atoms with E-state index < -0.39 is 0 Å². The summed E-state index contributed by atoms with van der Waals surface area (Å²) >= 11 is 0. The molecule has 0 saturated carbocycles. The fraction of sp³-hybridized carbons (Fsp3) is 0.909. The number of aliphatic imine (C=N–C) groups is 1. The summed E-state index contributed by atoms with van der Waals surface area (Å²) in [5.41, 5.74) is 1.71. The second-order valence-corrected chi connectivity index (χ2v) is 4.04. The zero-order chi connectivity index (χ0) is 10.2. The fourth-order valence-corrected chi connectivity index (χ4v) is 0.250. The second-order valence-electron chi connectivity index (χ2n) is 4.04. The number of hydrogen-bond acceptors (Lipinski definition) is 1. The van der Waals surface area contributed by atoms with Crippen LogP contribution in [0.4, 0.5) is 0 Å². The molecule has 0 radical (unpaired) electrons. The molecule has 0 amide bonds. The molecule has 0 aliphatic rings. The smallest absolute Gasteiger partial charge is 0.0276 e. The third-order valence-corrected chi connectivity index (χ3v) is 2.36. The minimum absolute atomic E-state index is 0.583. The maximum Gasteiger partial charge on any atom is 0.0276 e. The van der Waals surface area contributed by atoms with Gasteiger partial charge >= 0.3 is 0 Å². The maximum atomic E-state index is 3.81. The minimum Gasteiger partial charge on any atom is -0.298 e. The average Bonchev–Trinajstić information content (AvgIpc) is 2.05. The Labute approximate surface area is 78.3 Å². The predicted octanol–water partition coefficient (Wildman–Crippen LogP) is 3.93. The van der Waals surface area contributed by atoms with Crippen LogP contribution in [0.5, 0.6) is 0 Å². The van der Waals surface area contributed by atoms with Gasteiger partial charge in [0.2, 0.25) is 0 Å². The van der Waals surface area contributed by atoms with Gasteiger partial charge in [0.1, 0.15) is 0 Å². The van der Waals surface area contributed by atoms with E-state index in [9.17, 15) is 0 Å². The molecule has 0 fully saturated rings. The lowest BCUT2D eigenvalue weighted by atomic mass is 9.88. The average molecular weight is 171 g/mol. The van der Waals surface area contributed by atoms with Gasteiger partial charge in [-0.05, 0) is 19.3 Å². The molecule has 1 nitrogen and oxygen atoms in total. The van der Waals surface area contributed by atoms with Crippen molar-refractivity contribution in [1.29, 1.82) is 0 Å². The van der Waals surface area contributed by atoms with E-state index in [0.717, 1.165) is 5.71 Å². The highest BCUT2D eigenvalue weighted by Crippen LogP contribution is 2.22. The summed E-state index contributed by atoms with van der Waals surface area (Å²) in [6, 6.07) is 0. The Morgan fingerprint density at radius 1 is 1.08 bits per heavy atom. The Kier molecular flexibility index (Phi) is 8.67. The Morgan fingerprint density at radius 3 is 1.33 bits per heavy atom. The fourth-order valence-electron chi connectivity index (χ4n) is 0.250. The van der Waals surface area contributed by atoms with Crippen LogP contribution in [0.15, 0.2) is 4.99 Å². The summed E-state index contributed by atoms with van der Waals surface area (Å²) in [6.45, 7) is 13.0. The SMILES string of the molecule is CCC(C)(C)CC.CN=C(C)C. The molecule has 0 bridgehead atoms. The first-order chi connectivity index (χ1) is 5.39. The van der Waals surface area contributed by atoms with Crippen LogP contribution in [-0.4, -0.2) is 12.8 Å². The molecule has 0 aliphatic heterocycles. The highest BCUT2D eigenvalue weighted by Gasteiger charge is 2.09. The summed E-state index contributed by atoms with van der Waals surface area (Å²) in [6.07, 6.45) is 2.59. The molecule has 0 heterocycles. The van der Waals surface area contributed by atoms with Gasteiger partial charge in [-0.2, -0.15) is 0 Å². The third-order valence-electron chi connectivity index (χ3n) is 2.36. The van der Waals surface area contributed by atoms with Crippen molar-refractivity contribution in [2.45, 2.75) is 54.4 Å². The predicted molar refractivity (Wildman–Crippen MR) is 59.1 cm³/mol. The summed E-state index contributed by atoms with van der Waals surface area (Å²) < 4.78 is 0. The molecule has 0 saturated heterocycles. The zero-order valence-corrected chi connectivity index (χ0v) is 9.86. The molecule has 0 aromatic carbocycles. The van der Waals surface area contributed by atoms with E-state index in [1.807, 2.05) is 13.8 Å². The maximum absolute atomic E-state index is 3.81. The van der Waals surface area contributed by atoms with Gasteiger partial charge in [0.15, 0.2) is 0 Å². The van der Waals surface area contributed by atoms with Crippen LogP contribution in [0.3, 0.4) is 0 Å². The van der Waals surface area contributed by atoms with E-state index in [-0.39, 0.29) is 0 Å². The Morgan fingerprint density at radius 2 is 1.33 bits per heavy atom. The number of hydrogen-bond donors (Lipinski definition) is 0. The lowest BCUT2D eigenvalue weighted by Crippen LogP contribution is -2.05. The standard InChI is InChI=1S/C7H16.C4H9N/c1-5-7(3,4)6-2;1-4(2)5-3/h5-6H2,1-4H3;1-3H3. The molecular formula is C11H25N. The molecule has 0 rings (SSSR count). The van der Waals surface area contributed by atoms with Gasteiger partial charge in [0.25, 0.3) is 0 Å². The monoisotopic (exact) mass is 171 g/mol. The molecule has 74 valence electrons. The first kappa shape index (κ1) is 14.2. The molecular weight excluding hydrogens is 146 g/mol. The van der Waals surface area contributed by atoms with E-state index in [1.165, 1.54) is 12.8 Å². The first-order valence-electron chi connectivity index (χ1n) is 4.79. The molecule has 0 aromatic heterocycles. The quantitative estimate of drug-likeness (QED) is 0.558.